The number of carbonyl (C=O) groups is 1. The number of rotatable bonds is 3. The molecule has 1 aromatic rings. The molecule has 0 bridgehead atoms. The van der Waals surface area contributed by atoms with Crippen LogP contribution in [0.4, 0.5) is 10.1 Å². The van der Waals surface area contributed by atoms with Gasteiger partial charge in [-0.15, -0.1) is 12.4 Å². The molecule has 0 spiro atoms. The van der Waals surface area contributed by atoms with E-state index < -0.39 is 0 Å². The average Bonchev–Trinajstić information content (AvgIpc) is 2.17. The molecule has 5 heteroatoms. The smallest absolute Gasteiger partial charge is 0.228 e. The van der Waals surface area contributed by atoms with E-state index in [2.05, 4.69) is 0 Å². The SMILES string of the molecule is CC(N)CC(=O)N(C)c1ccc(F)cc1.Cl. The molecular formula is C11H16ClFN2O. The molecule has 0 aliphatic carbocycles. The number of nitrogens with two attached hydrogens (primary N) is 1. The molecule has 0 fully saturated rings. The van der Waals surface area contributed by atoms with Gasteiger partial charge in [-0.25, -0.2) is 4.39 Å². The van der Waals surface area contributed by atoms with E-state index in [9.17, 15) is 9.18 Å². The average molecular weight is 247 g/mol. The Labute approximate surface area is 101 Å². The van der Waals surface area contributed by atoms with E-state index in [1.54, 1.807) is 26.1 Å². The molecule has 1 rings (SSSR count). The minimum Gasteiger partial charge on any atom is -0.327 e. The summed E-state index contributed by atoms with van der Waals surface area (Å²) in [6.07, 6.45) is 0.286. The molecule has 0 aliphatic rings. The van der Waals surface area contributed by atoms with E-state index in [0.29, 0.717) is 5.69 Å². The summed E-state index contributed by atoms with van der Waals surface area (Å²) in [6, 6.07) is 5.61. The largest absolute Gasteiger partial charge is 0.327 e. The number of anilines is 1. The third-order valence-electron chi connectivity index (χ3n) is 2.08. The van der Waals surface area contributed by atoms with E-state index >= 15 is 0 Å². The molecule has 0 heterocycles. The first kappa shape index (κ1) is 14.9. The maximum atomic E-state index is 12.6. The number of carbonyl (C=O) groups excluding carboxylic acids is 1. The Morgan fingerprint density at radius 3 is 2.38 bits per heavy atom. The van der Waals surface area contributed by atoms with Gasteiger partial charge < -0.3 is 10.6 Å². The van der Waals surface area contributed by atoms with Gasteiger partial charge >= 0.3 is 0 Å². The highest BCUT2D eigenvalue weighted by atomic mass is 35.5. The van der Waals surface area contributed by atoms with Crippen LogP contribution < -0.4 is 10.6 Å². The lowest BCUT2D eigenvalue weighted by Gasteiger charge is -2.18. The summed E-state index contributed by atoms with van der Waals surface area (Å²) in [5, 5.41) is 0. The van der Waals surface area contributed by atoms with Gasteiger partial charge in [-0.2, -0.15) is 0 Å². The lowest BCUT2D eigenvalue weighted by atomic mass is 10.2. The van der Waals surface area contributed by atoms with Crippen LogP contribution in [0.2, 0.25) is 0 Å². The summed E-state index contributed by atoms with van der Waals surface area (Å²) in [7, 11) is 1.65. The first-order valence-corrected chi connectivity index (χ1v) is 4.78. The minimum absolute atomic E-state index is 0. The number of amides is 1. The summed E-state index contributed by atoms with van der Waals surface area (Å²) in [5.41, 5.74) is 6.19. The van der Waals surface area contributed by atoms with Crippen molar-refractivity contribution in [1.82, 2.24) is 0 Å². The molecule has 1 aromatic carbocycles. The molecule has 90 valence electrons. The lowest BCUT2D eigenvalue weighted by molar-refractivity contribution is -0.118. The van der Waals surface area contributed by atoms with Gasteiger partial charge in [0, 0.05) is 25.2 Å². The normalized spacial score (nSPS) is 11.5. The van der Waals surface area contributed by atoms with Gasteiger partial charge in [-0.3, -0.25) is 4.79 Å². The Kier molecular flexibility index (Phi) is 6.00. The number of benzene rings is 1. The zero-order chi connectivity index (χ0) is 11.4. The Morgan fingerprint density at radius 1 is 1.44 bits per heavy atom. The van der Waals surface area contributed by atoms with E-state index in [1.165, 1.54) is 17.0 Å². The van der Waals surface area contributed by atoms with Gasteiger partial charge in [-0.1, -0.05) is 0 Å². The lowest BCUT2D eigenvalue weighted by Crippen LogP contribution is -2.31. The van der Waals surface area contributed by atoms with Gasteiger partial charge in [0.1, 0.15) is 5.82 Å². The Hall–Kier alpha value is -1.13. The van der Waals surface area contributed by atoms with E-state index in [-0.39, 0.29) is 36.6 Å². The van der Waals surface area contributed by atoms with Crippen molar-refractivity contribution in [3.8, 4) is 0 Å². The summed E-state index contributed by atoms with van der Waals surface area (Å²) in [6.45, 7) is 1.77. The zero-order valence-corrected chi connectivity index (χ0v) is 10.1. The van der Waals surface area contributed by atoms with E-state index in [1.807, 2.05) is 0 Å². The number of nitrogens with zero attached hydrogens (tertiary/aromatic N) is 1. The maximum Gasteiger partial charge on any atom is 0.228 e. The second-order valence-corrected chi connectivity index (χ2v) is 3.61. The molecular weight excluding hydrogens is 231 g/mol. The topological polar surface area (TPSA) is 46.3 Å². The molecule has 0 saturated heterocycles. The first-order chi connectivity index (χ1) is 7.00. The van der Waals surface area contributed by atoms with Crippen LogP contribution in [-0.4, -0.2) is 19.0 Å². The number of hydrogen-bond acceptors (Lipinski definition) is 2. The highest BCUT2D eigenvalue weighted by Crippen LogP contribution is 2.14. The molecule has 1 unspecified atom stereocenters. The summed E-state index contributed by atoms with van der Waals surface area (Å²) >= 11 is 0. The molecule has 0 radical (unpaired) electrons. The van der Waals surface area contributed by atoms with Crippen molar-refractivity contribution in [2.75, 3.05) is 11.9 Å². The van der Waals surface area contributed by atoms with Crippen LogP contribution in [0.25, 0.3) is 0 Å². The predicted molar refractivity (Wildman–Crippen MR) is 65.3 cm³/mol. The first-order valence-electron chi connectivity index (χ1n) is 4.78. The predicted octanol–water partition coefficient (Wildman–Crippen LogP) is 1.95. The van der Waals surface area contributed by atoms with Gasteiger partial charge in [0.2, 0.25) is 5.91 Å². The summed E-state index contributed by atoms with van der Waals surface area (Å²) in [4.78, 5) is 13.1. The highest BCUT2D eigenvalue weighted by molar-refractivity contribution is 5.93. The second-order valence-electron chi connectivity index (χ2n) is 3.61. The van der Waals surface area contributed by atoms with Crippen LogP contribution in [-0.2, 0) is 4.79 Å². The fourth-order valence-corrected chi connectivity index (χ4v) is 1.22. The van der Waals surface area contributed by atoms with Crippen molar-refractivity contribution >= 4 is 24.0 Å². The molecule has 1 amide bonds. The van der Waals surface area contributed by atoms with E-state index in [0.717, 1.165) is 0 Å². The highest BCUT2D eigenvalue weighted by Gasteiger charge is 2.12. The molecule has 3 nitrogen and oxygen atoms in total. The molecule has 0 saturated carbocycles. The van der Waals surface area contributed by atoms with E-state index in [4.69, 9.17) is 5.73 Å². The van der Waals surface area contributed by atoms with Crippen molar-refractivity contribution in [2.45, 2.75) is 19.4 Å². The molecule has 0 aromatic heterocycles. The Bertz CT molecular complexity index is 340. The van der Waals surface area contributed by atoms with Crippen molar-refractivity contribution < 1.29 is 9.18 Å². The number of hydrogen-bond donors (Lipinski definition) is 1. The maximum absolute atomic E-state index is 12.6. The van der Waals surface area contributed by atoms with Crippen molar-refractivity contribution in [3.63, 3.8) is 0 Å². The summed E-state index contributed by atoms with van der Waals surface area (Å²) in [5.74, 6) is -0.386. The zero-order valence-electron chi connectivity index (χ0n) is 9.31. The fourth-order valence-electron chi connectivity index (χ4n) is 1.22. The van der Waals surface area contributed by atoms with Crippen LogP contribution in [0.5, 0.6) is 0 Å². The fraction of sp³-hybridized carbons (Fsp3) is 0.364. The summed E-state index contributed by atoms with van der Waals surface area (Å²) < 4.78 is 12.6. The Balaban J connectivity index is 0.00000225. The van der Waals surface area contributed by atoms with Gasteiger partial charge in [0.25, 0.3) is 0 Å². The molecule has 2 N–H and O–H groups in total. The molecule has 16 heavy (non-hydrogen) atoms. The Morgan fingerprint density at radius 2 is 1.94 bits per heavy atom. The second kappa shape index (κ2) is 6.45. The quantitative estimate of drug-likeness (QED) is 0.886. The van der Waals surface area contributed by atoms with Crippen molar-refractivity contribution in [3.05, 3.63) is 30.1 Å². The van der Waals surface area contributed by atoms with Crippen LogP contribution in [0.15, 0.2) is 24.3 Å². The standard InChI is InChI=1S/C11H15FN2O.ClH/c1-8(13)7-11(15)14(2)10-5-3-9(12)4-6-10;/h3-6,8H,7,13H2,1-2H3;1H. The van der Waals surface area contributed by atoms with Crippen molar-refractivity contribution in [1.29, 1.82) is 0 Å². The van der Waals surface area contributed by atoms with Gasteiger partial charge in [0.05, 0.1) is 0 Å². The third kappa shape index (κ3) is 4.16. The molecule has 1 atom stereocenters. The van der Waals surface area contributed by atoms with Crippen LogP contribution in [0, 0.1) is 5.82 Å². The van der Waals surface area contributed by atoms with Crippen molar-refractivity contribution in [2.24, 2.45) is 5.73 Å². The third-order valence-corrected chi connectivity index (χ3v) is 2.08. The molecule has 0 aliphatic heterocycles. The minimum atomic E-state index is -0.313. The van der Waals surface area contributed by atoms with Crippen LogP contribution >= 0.6 is 12.4 Å². The number of halogens is 2. The monoisotopic (exact) mass is 246 g/mol. The van der Waals surface area contributed by atoms with Gasteiger partial charge in [0.15, 0.2) is 0 Å². The van der Waals surface area contributed by atoms with Gasteiger partial charge in [-0.05, 0) is 31.2 Å². The van der Waals surface area contributed by atoms with Crippen LogP contribution in [0.1, 0.15) is 13.3 Å². The van der Waals surface area contributed by atoms with Crippen LogP contribution in [0.3, 0.4) is 0 Å².